The Morgan fingerprint density at radius 3 is 2.62 bits per heavy atom. The highest BCUT2D eigenvalue weighted by Crippen LogP contribution is 2.39. The minimum absolute atomic E-state index is 0.212. The van der Waals surface area contributed by atoms with E-state index in [1.807, 2.05) is 36.0 Å². The summed E-state index contributed by atoms with van der Waals surface area (Å²) < 4.78 is 5.03. The molecule has 0 spiro atoms. The summed E-state index contributed by atoms with van der Waals surface area (Å²) >= 11 is 1.90. The van der Waals surface area contributed by atoms with Crippen LogP contribution in [-0.2, 0) is 20.8 Å². The fraction of sp³-hybridized carbons (Fsp3) is 0.455. The number of benzene rings is 1. The number of carbonyl (C=O) groups excluding carboxylic acids is 1. The Bertz CT molecular complexity index is 764. The number of aryl methyl sites for hydroxylation is 1. The standard InChI is InChI=1S/C22H29N3O3S/c1-3-16-5-12-20(23-15-16)24-22(26)21(25-28-14-4-13-27-2)17-6-8-18(9-7-17)29-19-10-11-19/h5-9,12,15,19,21,25H,3-4,10-11,13-14H2,1-2H3,(H,23,24,26). The minimum atomic E-state index is -0.634. The van der Waals surface area contributed by atoms with E-state index in [0.29, 0.717) is 19.0 Å². The molecule has 0 saturated heterocycles. The predicted octanol–water partition coefficient (Wildman–Crippen LogP) is 4.14. The maximum absolute atomic E-state index is 12.9. The van der Waals surface area contributed by atoms with Crippen LogP contribution in [0.15, 0.2) is 47.5 Å². The van der Waals surface area contributed by atoms with Crippen LogP contribution in [0.1, 0.15) is 43.4 Å². The summed E-state index contributed by atoms with van der Waals surface area (Å²) in [5.74, 6) is 0.315. The highest BCUT2D eigenvalue weighted by Gasteiger charge is 2.24. The highest BCUT2D eigenvalue weighted by atomic mass is 32.2. The molecule has 1 amide bonds. The van der Waals surface area contributed by atoms with Crippen LogP contribution < -0.4 is 10.8 Å². The van der Waals surface area contributed by atoms with Gasteiger partial charge in [-0.25, -0.2) is 4.98 Å². The third-order valence-corrected chi connectivity index (χ3v) is 5.93. The number of anilines is 1. The van der Waals surface area contributed by atoms with Crippen LogP contribution >= 0.6 is 11.8 Å². The van der Waals surface area contributed by atoms with Crippen LogP contribution in [0.3, 0.4) is 0 Å². The van der Waals surface area contributed by atoms with Crippen LogP contribution in [0.4, 0.5) is 5.82 Å². The second kappa shape index (κ2) is 11.3. The molecule has 2 N–H and O–H groups in total. The normalized spacial score (nSPS) is 14.6. The van der Waals surface area contributed by atoms with Crippen molar-refractivity contribution in [1.29, 1.82) is 0 Å². The predicted molar refractivity (Wildman–Crippen MR) is 116 cm³/mol. The molecule has 1 aliphatic carbocycles. The van der Waals surface area contributed by atoms with E-state index in [4.69, 9.17) is 9.57 Å². The van der Waals surface area contributed by atoms with Crippen molar-refractivity contribution in [1.82, 2.24) is 10.5 Å². The average Bonchev–Trinajstić information content (AvgIpc) is 3.56. The number of aromatic nitrogens is 1. The lowest BCUT2D eigenvalue weighted by Crippen LogP contribution is -2.33. The Labute approximate surface area is 176 Å². The van der Waals surface area contributed by atoms with Gasteiger partial charge in [0.2, 0.25) is 5.91 Å². The summed E-state index contributed by atoms with van der Waals surface area (Å²) in [5, 5.41) is 3.63. The topological polar surface area (TPSA) is 72.5 Å². The van der Waals surface area contributed by atoms with Gasteiger partial charge in [-0.2, -0.15) is 5.48 Å². The third-order valence-electron chi connectivity index (χ3n) is 4.58. The Hall–Kier alpha value is -1.93. The number of thioether (sulfide) groups is 1. The minimum Gasteiger partial charge on any atom is -0.385 e. The second-order valence-corrected chi connectivity index (χ2v) is 8.40. The number of hydrogen-bond donors (Lipinski definition) is 2. The van der Waals surface area contributed by atoms with Crippen molar-refractivity contribution in [3.63, 3.8) is 0 Å². The zero-order valence-electron chi connectivity index (χ0n) is 17.0. The van der Waals surface area contributed by atoms with Crippen molar-refractivity contribution in [3.8, 4) is 0 Å². The van der Waals surface area contributed by atoms with E-state index in [2.05, 4.69) is 34.8 Å². The van der Waals surface area contributed by atoms with Gasteiger partial charge in [0.1, 0.15) is 11.9 Å². The molecule has 6 nitrogen and oxygen atoms in total. The Kier molecular flexibility index (Phi) is 8.49. The quantitative estimate of drug-likeness (QED) is 0.401. The van der Waals surface area contributed by atoms with Gasteiger partial charge in [0.25, 0.3) is 0 Å². The van der Waals surface area contributed by atoms with E-state index in [1.54, 1.807) is 13.3 Å². The van der Waals surface area contributed by atoms with Crippen LogP contribution in [0.5, 0.6) is 0 Å². The summed E-state index contributed by atoms with van der Waals surface area (Å²) in [4.78, 5) is 24.0. The molecule has 2 aromatic rings. The zero-order chi connectivity index (χ0) is 20.5. The maximum atomic E-state index is 12.9. The second-order valence-electron chi connectivity index (χ2n) is 7.03. The van der Waals surface area contributed by atoms with Gasteiger partial charge in [0.15, 0.2) is 0 Å². The monoisotopic (exact) mass is 415 g/mol. The number of rotatable bonds is 12. The molecular formula is C22H29N3O3S. The van der Waals surface area contributed by atoms with Crippen molar-refractivity contribution in [2.45, 2.75) is 48.8 Å². The molecule has 1 fully saturated rings. The number of hydrogen-bond acceptors (Lipinski definition) is 6. The summed E-state index contributed by atoms with van der Waals surface area (Å²) in [6.45, 7) is 3.14. The highest BCUT2D eigenvalue weighted by molar-refractivity contribution is 8.00. The van der Waals surface area contributed by atoms with Gasteiger partial charge in [-0.1, -0.05) is 25.1 Å². The van der Waals surface area contributed by atoms with E-state index >= 15 is 0 Å². The molecule has 1 atom stereocenters. The molecule has 1 saturated carbocycles. The van der Waals surface area contributed by atoms with Crippen LogP contribution in [-0.4, -0.2) is 36.5 Å². The summed E-state index contributed by atoms with van der Waals surface area (Å²) in [6.07, 6.45) is 6.01. The smallest absolute Gasteiger partial charge is 0.249 e. The molecule has 1 aromatic carbocycles. The summed E-state index contributed by atoms with van der Waals surface area (Å²) in [7, 11) is 1.65. The van der Waals surface area contributed by atoms with Crippen molar-refractivity contribution in [3.05, 3.63) is 53.7 Å². The van der Waals surface area contributed by atoms with E-state index in [-0.39, 0.29) is 5.91 Å². The SMILES string of the molecule is CCc1ccc(NC(=O)C(NOCCCOC)c2ccc(SC3CC3)cc2)nc1. The Morgan fingerprint density at radius 2 is 2.00 bits per heavy atom. The molecule has 0 radical (unpaired) electrons. The van der Waals surface area contributed by atoms with Crippen LogP contribution in [0.25, 0.3) is 0 Å². The van der Waals surface area contributed by atoms with E-state index in [1.165, 1.54) is 17.7 Å². The molecule has 156 valence electrons. The van der Waals surface area contributed by atoms with E-state index in [0.717, 1.165) is 29.2 Å². The first-order valence-corrected chi connectivity index (χ1v) is 11.0. The van der Waals surface area contributed by atoms with Crippen molar-refractivity contribution in [2.75, 3.05) is 25.6 Å². The molecule has 1 unspecified atom stereocenters. The zero-order valence-corrected chi connectivity index (χ0v) is 17.8. The number of amides is 1. The molecule has 0 aliphatic heterocycles. The molecule has 29 heavy (non-hydrogen) atoms. The van der Waals surface area contributed by atoms with Gasteiger partial charge in [-0.3, -0.25) is 4.79 Å². The first-order chi connectivity index (χ1) is 14.2. The molecule has 3 rings (SSSR count). The molecular weight excluding hydrogens is 386 g/mol. The van der Waals surface area contributed by atoms with Gasteiger partial charge in [0.05, 0.1) is 6.61 Å². The van der Waals surface area contributed by atoms with Gasteiger partial charge in [-0.15, -0.1) is 11.8 Å². The summed E-state index contributed by atoms with van der Waals surface area (Å²) in [5.41, 5.74) is 4.88. The molecule has 7 heteroatoms. The lowest BCUT2D eigenvalue weighted by molar-refractivity contribution is -0.122. The lowest BCUT2D eigenvalue weighted by Gasteiger charge is -2.19. The van der Waals surface area contributed by atoms with Gasteiger partial charge < -0.3 is 14.9 Å². The number of carbonyl (C=O) groups is 1. The molecule has 1 aliphatic rings. The number of pyridine rings is 1. The van der Waals surface area contributed by atoms with E-state index in [9.17, 15) is 4.79 Å². The average molecular weight is 416 g/mol. The third kappa shape index (κ3) is 7.12. The van der Waals surface area contributed by atoms with Crippen molar-refractivity contribution in [2.24, 2.45) is 0 Å². The molecule has 0 bridgehead atoms. The first kappa shape index (κ1) is 21.8. The van der Waals surface area contributed by atoms with Gasteiger partial charge in [-0.05, 0) is 55.0 Å². The fourth-order valence-electron chi connectivity index (χ4n) is 2.71. The van der Waals surface area contributed by atoms with Crippen LogP contribution in [0.2, 0.25) is 0 Å². The number of hydroxylamine groups is 1. The Balaban J connectivity index is 1.65. The van der Waals surface area contributed by atoms with Crippen molar-refractivity contribution >= 4 is 23.5 Å². The van der Waals surface area contributed by atoms with Crippen molar-refractivity contribution < 1.29 is 14.4 Å². The fourth-order valence-corrected chi connectivity index (χ4v) is 3.76. The maximum Gasteiger partial charge on any atom is 0.249 e. The van der Waals surface area contributed by atoms with Gasteiger partial charge >= 0.3 is 0 Å². The van der Waals surface area contributed by atoms with Gasteiger partial charge in [0, 0.05) is 30.1 Å². The number of methoxy groups -OCH3 is 1. The van der Waals surface area contributed by atoms with Crippen LogP contribution in [0, 0.1) is 0 Å². The largest absolute Gasteiger partial charge is 0.385 e. The molecule has 1 aromatic heterocycles. The lowest BCUT2D eigenvalue weighted by atomic mass is 10.1. The number of nitrogens with one attached hydrogen (secondary N) is 2. The first-order valence-electron chi connectivity index (χ1n) is 10.1. The summed E-state index contributed by atoms with van der Waals surface area (Å²) in [6, 6.07) is 11.3. The molecule has 1 heterocycles. The number of nitrogens with zero attached hydrogens (tertiary/aromatic N) is 1. The Morgan fingerprint density at radius 1 is 1.21 bits per heavy atom. The van der Waals surface area contributed by atoms with E-state index < -0.39 is 6.04 Å². The number of ether oxygens (including phenoxy) is 1.